The van der Waals surface area contributed by atoms with Crippen LogP contribution in [0.2, 0.25) is 0 Å². The van der Waals surface area contributed by atoms with Crippen LogP contribution in [0.3, 0.4) is 0 Å². The van der Waals surface area contributed by atoms with E-state index in [0.717, 1.165) is 17.3 Å². The maximum atomic E-state index is 12.7. The van der Waals surface area contributed by atoms with Gasteiger partial charge in [-0.25, -0.2) is 0 Å². The molecule has 4 nitrogen and oxygen atoms in total. The summed E-state index contributed by atoms with van der Waals surface area (Å²) in [5, 5.41) is 0. The number of piperidine rings is 1. The Morgan fingerprint density at radius 3 is 2.50 bits per heavy atom. The maximum Gasteiger partial charge on any atom is 0.308 e. The number of carbonyl (C=O) groups is 2. The van der Waals surface area contributed by atoms with Gasteiger partial charge in [-0.2, -0.15) is 0 Å². The summed E-state index contributed by atoms with van der Waals surface area (Å²) in [4.78, 5) is 26.2. The van der Waals surface area contributed by atoms with Crippen LogP contribution < -0.4 is 0 Å². The van der Waals surface area contributed by atoms with E-state index in [1.165, 1.54) is 18.2 Å². The van der Waals surface area contributed by atoms with Gasteiger partial charge < -0.3 is 9.64 Å². The number of fused-ring (bicyclic) bond motifs is 1. The second-order valence-electron chi connectivity index (χ2n) is 6.14. The zero-order chi connectivity index (χ0) is 15.7. The van der Waals surface area contributed by atoms with Gasteiger partial charge in [-0.15, -0.1) is 0 Å². The van der Waals surface area contributed by atoms with Crippen molar-refractivity contribution in [2.45, 2.75) is 25.7 Å². The van der Waals surface area contributed by atoms with E-state index in [-0.39, 0.29) is 23.7 Å². The highest BCUT2D eigenvalue weighted by atomic mass is 79.9. The number of carbonyl (C=O) groups excluding carboxylic acids is 2. The van der Waals surface area contributed by atoms with Crippen LogP contribution in [0, 0.1) is 11.8 Å². The van der Waals surface area contributed by atoms with Crippen molar-refractivity contribution < 1.29 is 14.3 Å². The molecule has 0 N–H and O–H groups in total. The molecule has 0 radical (unpaired) electrons. The molecule has 118 valence electrons. The Labute approximate surface area is 138 Å². The smallest absolute Gasteiger partial charge is 0.308 e. The molecule has 1 atom stereocenters. The zero-order valence-corrected chi connectivity index (χ0v) is 14.3. The summed E-state index contributed by atoms with van der Waals surface area (Å²) in [6.07, 6.45) is 3.08. The molecule has 1 aromatic carbocycles. The largest absolute Gasteiger partial charge is 0.469 e. The number of hydrogen-bond acceptors (Lipinski definition) is 3. The van der Waals surface area contributed by atoms with Crippen molar-refractivity contribution in [1.29, 1.82) is 0 Å². The minimum atomic E-state index is -0.148. The molecular weight excluding hydrogens is 346 g/mol. The summed E-state index contributed by atoms with van der Waals surface area (Å²) >= 11 is 3.49. The van der Waals surface area contributed by atoms with Gasteiger partial charge in [0.15, 0.2) is 0 Å². The van der Waals surface area contributed by atoms with E-state index in [9.17, 15) is 9.59 Å². The fraction of sp³-hybridized carbons (Fsp3) is 0.529. The molecule has 1 aromatic rings. The third-order valence-electron chi connectivity index (χ3n) is 4.79. The second kappa shape index (κ2) is 6.41. The van der Waals surface area contributed by atoms with Crippen molar-refractivity contribution in [2.75, 3.05) is 20.2 Å². The van der Waals surface area contributed by atoms with Crippen molar-refractivity contribution in [2.24, 2.45) is 11.8 Å². The normalized spacial score (nSPS) is 21.5. The van der Waals surface area contributed by atoms with Crippen LogP contribution in [0.15, 0.2) is 22.7 Å². The Morgan fingerprint density at radius 2 is 1.82 bits per heavy atom. The Kier molecular flexibility index (Phi) is 4.52. The number of esters is 1. The quantitative estimate of drug-likeness (QED) is 0.756. The number of hydrogen-bond donors (Lipinski definition) is 0. The lowest BCUT2D eigenvalue weighted by Crippen LogP contribution is -2.43. The first-order valence-corrected chi connectivity index (χ1v) is 8.51. The average Bonchev–Trinajstić information content (AvgIpc) is 2.96. The van der Waals surface area contributed by atoms with Crippen LogP contribution in [0.4, 0.5) is 0 Å². The minimum Gasteiger partial charge on any atom is -0.469 e. The van der Waals surface area contributed by atoms with Gasteiger partial charge in [0.25, 0.3) is 0 Å². The average molecular weight is 366 g/mol. The molecule has 1 fully saturated rings. The molecule has 1 aliphatic heterocycles. The number of amides is 1. The molecule has 1 heterocycles. The summed E-state index contributed by atoms with van der Waals surface area (Å²) in [5.41, 5.74) is 2.56. The summed E-state index contributed by atoms with van der Waals surface area (Å²) in [5.74, 6) is 0.0885. The molecule has 1 amide bonds. The van der Waals surface area contributed by atoms with Crippen molar-refractivity contribution in [3.05, 3.63) is 33.8 Å². The SMILES string of the molecule is COC(=O)C1CCN(C(=O)C2Cc3ccc(Br)cc3C2)CC1. The van der Waals surface area contributed by atoms with Gasteiger partial charge in [-0.3, -0.25) is 9.59 Å². The van der Waals surface area contributed by atoms with E-state index in [4.69, 9.17) is 4.74 Å². The number of methoxy groups -OCH3 is 1. The molecule has 0 aromatic heterocycles. The Hall–Kier alpha value is -1.36. The van der Waals surface area contributed by atoms with Gasteiger partial charge in [-0.1, -0.05) is 22.0 Å². The summed E-state index contributed by atoms with van der Waals surface area (Å²) < 4.78 is 5.86. The molecule has 0 saturated carbocycles. The van der Waals surface area contributed by atoms with E-state index in [2.05, 4.69) is 28.1 Å². The third kappa shape index (κ3) is 3.05. The van der Waals surface area contributed by atoms with Crippen molar-refractivity contribution in [1.82, 2.24) is 4.90 Å². The fourth-order valence-electron chi connectivity index (χ4n) is 3.52. The Bertz CT molecular complexity index is 594. The monoisotopic (exact) mass is 365 g/mol. The lowest BCUT2D eigenvalue weighted by atomic mass is 9.95. The summed E-state index contributed by atoms with van der Waals surface area (Å²) in [6, 6.07) is 6.26. The first-order valence-electron chi connectivity index (χ1n) is 7.72. The molecule has 0 bridgehead atoms. The standard InChI is InChI=1S/C17H20BrNO3/c1-22-17(21)11-4-6-19(7-5-11)16(20)14-8-12-2-3-15(18)10-13(12)9-14/h2-3,10-11,14H,4-9H2,1H3. The predicted octanol–water partition coefficient (Wildman–Crippen LogP) is 2.58. The number of benzene rings is 1. The molecule has 3 rings (SSSR count). The Balaban J connectivity index is 1.59. The zero-order valence-electron chi connectivity index (χ0n) is 12.7. The number of rotatable bonds is 2. The number of likely N-dealkylation sites (tertiary alicyclic amines) is 1. The fourth-order valence-corrected chi connectivity index (χ4v) is 3.93. The van der Waals surface area contributed by atoms with Gasteiger partial charge in [0, 0.05) is 23.5 Å². The summed E-state index contributed by atoms with van der Waals surface area (Å²) in [6.45, 7) is 1.32. The highest BCUT2D eigenvalue weighted by Gasteiger charge is 2.34. The van der Waals surface area contributed by atoms with E-state index in [0.29, 0.717) is 25.9 Å². The van der Waals surface area contributed by atoms with Crippen molar-refractivity contribution in [3.8, 4) is 0 Å². The lowest BCUT2D eigenvalue weighted by molar-refractivity contribution is -0.149. The second-order valence-corrected chi connectivity index (χ2v) is 7.06. The van der Waals surface area contributed by atoms with Crippen LogP contribution in [0.25, 0.3) is 0 Å². The molecule has 1 aliphatic carbocycles. The first-order chi connectivity index (χ1) is 10.6. The predicted molar refractivity (Wildman–Crippen MR) is 86.4 cm³/mol. The molecular formula is C17H20BrNO3. The summed E-state index contributed by atoms with van der Waals surface area (Å²) in [7, 11) is 1.42. The van der Waals surface area contributed by atoms with Crippen molar-refractivity contribution >= 4 is 27.8 Å². The highest BCUT2D eigenvalue weighted by molar-refractivity contribution is 9.10. The van der Waals surface area contributed by atoms with Gasteiger partial charge in [0.05, 0.1) is 13.0 Å². The molecule has 1 saturated heterocycles. The van der Waals surface area contributed by atoms with E-state index in [1.54, 1.807) is 0 Å². The molecule has 22 heavy (non-hydrogen) atoms. The molecule has 1 unspecified atom stereocenters. The highest BCUT2D eigenvalue weighted by Crippen LogP contribution is 2.31. The van der Waals surface area contributed by atoms with E-state index < -0.39 is 0 Å². The van der Waals surface area contributed by atoms with Crippen LogP contribution in [0.1, 0.15) is 24.0 Å². The topological polar surface area (TPSA) is 46.6 Å². The molecule has 2 aliphatic rings. The molecule has 5 heteroatoms. The van der Waals surface area contributed by atoms with Crippen LogP contribution >= 0.6 is 15.9 Å². The van der Waals surface area contributed by atoms with Crippen LogP contribution in [-0.2, 0) is 27.2 Å². The molecule has 0 spiro atoms. The first kappa shape index (κ1) is 15.5. The number of halogens is 1. The lowest BCUT2D eigenvalue weighted by Gasteiger charge is -2.32. The Morgan fingerprint density at radius 1 is 1.14 bits per heavy atom. The van der Waals surface area contributed by atoms with Crippen LogP contribution in [-0.4, -0.2) is 37.0 Å². The van der Waals surface area contributed by atoms with Gasteiger partial charge in [-0.05, 0) is 48.9 Å². The van der Waals surface area contributed by atoms with Crippen molar-refractivity contribution in [3.63, 3.8) is 0 Å². The third-order valence-corrected chi connectivity index (χ3v) is 5.28. The number of ether oxygens (including phenoxy) is 1. The van der Waals surface area contributed by atoms with Crippen LogP contribution in [0.5, 0.6) is 0 Å². The maximum absolute atomic E-state index is 12.7. The van der Waals surface area contributed by atoms with Gasteiger partial charge in [0.1, 0.15) is 0 Å². The number of nitrogens with zero attached hydrogens (tertiary/aromatic N) is 1. The minimum absolute atomic E-state index is 0.0502. The van der Waals surface area contributed by atoms with E-state index >= 15 is 0 Å². The van der Waals surface area contributed by atoms with Gasteiger partial charge in [0.2, 0.25) is 5.91 Å². The van der Waals surface area contributed by atoms with E-state index in [1.807, 2.05) is 11.0 Å². The van der Waals surface area contributed by atoms with Gasteiger partial charge >= 0.3 is 5.97 Å².